The first kappa shape index (κ1) is 14.8. The average Bonchev–Trinajstić information content (AvgIpc) is 2.49. The normalized spacial score (nSPS) is 10.2. The van der Waals surface area contributed by atoms with Gasteiger partial charge < -0.3 is 15.2 Å². The molecule has 1 heterocycles. The highest BCUT2D eigenvalue weighted by Gasteiger charge is 2.10. The standard InChI is InChI=1S/C15H17N3O3/c1-10-5-3-4-6-12(10)21-8-7-13-17-11(15(19)20)9-14(16-2)18-13/h3-6,9H,7-8H2,1-2H3,(H,19,20)(H,16,17,18). The van der Waals surface area contributed by atoms with Crippen molar-refractivity contribution in [3.05, 3.63) is 47.4 Å². The van der Waals surface area contributed by atoms with Gasteiger partial charge in [-0.05, 0) is 18.6 Å². The number of aromatic nitrogens is 2. The number of aryl methyl sites for hydroxylation is 1. The van der Waals surface area contributed by atoms with E-state index in [0.717, 1.165) is 11.3 Å². The number of benzene rings is 1. The maximum absolute atomic E-state index is 11.0. The monoisotopic (exact) mass is 287 g/mol. The molecular formula is C15H17N3O3. The minimum absolute atomic E-state index is 0.0276. The third kappa shape index (κ3) is 3.92. The van der Waals surface area contributed by atoms with Crippen LogP contribution in [0.15, 0.2) is 30.3 Å². The van der Waals surface area contributed by atoms with Crippen LogP contribution in [-0.2, 0) is 6.42 Å². The molecule has 6 nitrogen and oxygen atoms in total. The van der Waals surface area contributed by atoms with E-state index in [4.69, 9.17) is 9.84 Å². The Morgan fingerprint density at radius 1 is 1.33 bits per heavy atom. The highest BCUT2D eigenvalue weighted by molar-refractivity contribution is 5.86. The summed E-state index contributed by atoms with van der Waals surface area (Å²) in [6.45, 7) is 2.35. The molecule has 0 aliphatic carbocycles. The van der Waals surface area contributed by atoms with Crippen LogP contribution in [0.2, 0.25) is 0 Å². The topological polar surface area (TPSA) is 84.3 Å². The maximum Gasteiger partial charge on any atom is 0.354 e. The Balaban J connectivity index is 2.04. The summed E-state index contributed by atoms with van der Waals surface area (Å²) >= 11 is 0. The predicted octanol–water partition coefficient (Wildman–Crippen LogP) is 2.15. The second-order valence-electron chi connectivity index (χ2n) is 4.47. The molecule has 0 fully saturated rings. The summed E-state index contributed by atoms with van der Waals surface area (Å²) in [4.78, 5) is 19.2. The summed E-state index contributed by atoms with van der Waals surface area (Å²) in [5, 5.41) is 11.8. The fraction of sp³-hybridized carbons (Fsp3) is 0.267. The van der Waals surface area contributed by atoms with E-state index in [0.29, 0.717) is 24.7 Å². The Bertz CT molecular complexity index is 644. The molecule has 0 aliphatic rings. The molecule has 6 heteroatoms. The van der Waals surface area contributed by atoms with E-state index < -0.39 is 5.97 Å². The van der Waals surface area contributed by atoms with Gasteiger partial charge >= 0.3 is 5.97 Å². The van der Waals surface area contributed by atoms with Gasteiger partial charge in [0, 0.05) is 19.5 Å². The number of carboxylic acids is 1. The quantitative estimate of drug-likeness (QED) is 0.847. The van der Waals surface area contributed by atoms with E-state index >= 15 is 0 Å². The van der Waals surface area contributed by atoms with Crippen LogP contribution >= 0.6 is 0 Å². The van der Waals surface area contributed by atoms with Crippen LogP contribution in [0, 0.1) is 6.92 Å². The lowest BCUT2D eigenvalue weighted by atomic mass is 10.2. The SMILES string of the molecule is CNc1cc(C(=O)O)nc(CCOc2ccccc2C)n1. The first-order valence-electron chi connectivity index (χ1n) is 6.57. The van der Waals surface area contributed by atoms with E-state index in [-0.39, 0.29) is 5.69 Å². The van der Waals surface area contributed by atoms with Crippen LogP contribution in [0.4, 0.5) is 5.82 Å². The maximum atomic E-state index is 11.0. The van der Waals surface area contributed by atoms with Crippen LogP contribution < -0.4 is 10.1 Å². The van der Waals surface area contributed by atoms with Crippen molar-refractivity contribution in [2.24, 2.45) is 0 Å². The summed E-state index contributed by atoms with van der Waals surface area (Å²) in [5.41, 5.74) is 1.02. The number of rotatable bonds is 6. The number of nitrogens with zero attached hydrogens (tertiary/aromatic N) is 2. The van der Waals surface area contributed by atoms with Crippen LogP contribution in [0.1, 0.15) is 21.9 Å². The van der Waals surface area contributed by atoms with Crippen molar-refractivity contribution >= 4 is 11.8 Å². The first-order valence-corrected chi connectivity index (χ1v) is 6.57. The Morgan fingerprint density at radius 2 is 2.10 bits per heavy atom. The van der Waals surface area contributed by atoms with E-state index in [1.807, 2.05) is 31.2 Å². The second-order valence-corrected chi connectivity index (χ2v) is 4.47. The molecular weight excluding hydrogens is 270 g/mol. The van der Waals surface area contributed by atoms with Gasteiger partial charge in [-0.25, -0.2) is 14.8 Å². The zero-order valence-corrected chi connectivity index (χ0v) is 12.0. The molecule has 0 spiro atoms. The summed E-state index contributed by atoms with van der Waals surface area (Å²) in [7, 11) is 1.68. The minimum Gasteiger partial charge on any atom is -0.493 e. The number of para-hydroxylation sites is 1. The van der Waals surface area contributed by atoms with Crippen molar-refractivity contribution in [2.75, 3.05) is 19.0 Å². The van der Waals surface area contributed by atoms with E-state index in [2.05, 4.69) is 15.3 Å². The molecule has 2 N–H and O–H groups in total. The number of aromatic carboxylic acids is 1. The van der Waals surface area contributed by atoms with Crippen molar-refractivity contribution < 1.29 is 14.6 Å². The first-order chi connectivity index (χ1) is 10.1. The van der Waals surface area contributed by atoms with Crippen molar-refractivity contribution in [2.45, 2.75) is 13.3 Å². The van der Waals surface area contributed by atoms with Crippen LogP contribution in [0.25, 0.3) is 0 Å². The molecule has 0 saturated heterocycles. The fourth-order valence-electron chi connectivity index (χ4n) is 1.82. The molecule has 0 aliphatic heterocycles. The molecule has 0 atom stereocenters. The van der Waals surface area contributed by atoms with E-state index in [9.17, 15) is 4.79 Å². The Kier molecular flexibility index (Phi) is 4.71. The van der Waals surface area contributed by atoms with E-state index in [1.165, 1.54) is 6.07 Å². The molecule has 0 radical (unpaired) electrons. The smallest absolute Gasteiger partial charge is 0.354 e. The van der Waals surface area contributed by atoms with Gasteiger partial charge in [0.05, 0.1) is 6.61 Å². The molecule has 2 aromatic rings. The molecule has 0 bridgehead atoms. The molecule has 0 unspecified atom stereocenters. The van der Waals surface area contributed by atoms with Gasteiger partial charge in [-0.1, -0.05) is 18.2 Å². The summed E-state index contributed by atoms with van der Waals surface area (Å²) in [6.07, 6.45) is 0.435. The zero-order chi connectivity index (χ0) is 15.2. The van der Waals surface area contributed by atoms with Crippen molar-refractivity contribution in [1.82, 2.24) is 9.97 Å². The van der Waals surface area contributed by atoms with Gasteiger partial charge in [-0.3, -0.25) is 0 Å². The Morgan fingerprint density at radius 3 is 2.76 bits per heavy atom. The molecule has 0 amide bonds. The number of hydrogen-bond acceptors (Lipinski definition) is 5. The molecule has 0 saturated carbocycles. The van der Waals surface area contributed by atoms with Crippen LogP contribution in [-0.4, -0.2) is 34.7 Å². The lowest BCUT2D eigenvalue weighted by molar-refractivity contribution is 0.0690. The summed E-state index contributed by atoms with van der Waals surface area (Å²) < 4.78 is 5.67. The highest BCUT2D eigenvalue weighted by atomic mass is 16.5. The highest BCUT2D eigenvalue weighted by Crippen LogP contribution is 2.16. The minimum atomic E-state index is -1.07. The number of ether oxygens (including phenoxy) is 1. The molecule has 1 aromatic carbocycles. The van der Waals surface area contributed by atoms with Gasteiger partial charge in [0.15, 0.2) is 5.69 Å². The van der Waals surface area contributed by atoms with Gasteiger partial charge in [-0.2, -0.15) is 0 Å². The molecule has 2 rings (SSSR count). The zero-order valence-electron chi connectivity index (χ0n) is 12.0. The lowest BCUT2D eigenvalue weighted by Gasteiger charge is -2.09. The van der Waals surface area contributed by atoms with Gasteiger partial charge in [-0.15, -0.1) is 0 Å². The van der Waals surface area contributed by atoms with Gasteiger partial charge in [0.1, 0.15) is 17.4 Å². The third-order valence-corrected chi connectivity index (χ3v) is 2.92. The fourth-order valence-corrected chi connectivity index (χ4v) is 1.82. The lowest BCUT2D eigenvalue weighted by Crippen LogP contribution is -2.11. The van der Waals surface area contributed by atoms with Gasteiger partial charge in [0.2, 0.25) is 0 Å². The van der Waals surface area contributed by atoms with Crippen molar-refractivity contribution in [3.8, 4) is 5.75 Å². The summed E-state index contributed by atoms with van der Waals surface area (Å²) in [5.74, 6) is 0.650. The number of hydrogen-bond donors (Lipinski definition) is 2. The van der Waals surface area contributed by atoms with Crippen molar-refractivity contribution in [1.29, 1.82) is 0 Å². The van der Waals surface area contributed by atoms with Gasteiger partial charge in [0.25, 0.3) is 0 Å². The van der Waals surface area contributed by atoms with Crippen molar-refractivity contribution in [3.63, 3.8) is 0 Å². The van der Waals surface area contributed by atoms with Crippen LogP contribution in [0.5, 0.6) is 5.75 Å². The predicted molar refractivity (Wildman–Crippen MR) is 78.9 cm³/mol. The molecule has 110 valence electrons. The number of carboxylic acid groups (broad SMARTS) is 1. The number of carbonyl (C=O) groups is 1. The Labute approximate surface area is 122 Å². The molecule has 21 heavy (non-hydrogen) atoms. The largest absolute Gasteiger partial charge is 0.493 e. The Hall–Kier alpha value is -2.63. The van der Waals surface area contributed by atoms with Crippen LogP contribution in [0.3, 0.4) is 0 Å². The van der Waals surface area contributed by atoms with E-state index in [1.54, 1.807) is 7.05 Å². The third-order valence-electron chi connectivity index (χ3n) is 2.92. The molecule has 1 aromatic heterocycles. The summed E-state index contributed by atoms with van der Waals surface area (Å²) in [6, 6.07) is 9.11. The number of nitrogens with one attached hydrogen (secondary N) is 1. The number of anilines is 1. The average molecular weight is 287 g/mol. The second kappa shape index (κ2) is 6.69.